The van der Waals surface area contributed by atoms with Gasteiger partial charge in [-0.3, -0.25) is 4.40 Å². The van der Waals surface area contributed by atoms with Gasteiger partial charge in [-0.1, -0.05) is 0 Å². The van der Waals surface area contributed by atoms with Crippen LogP contribution in [0.25, 0.3) is 5.65 Å². The van der Waals surface area contributed by atoms with Crippen LogP contribution in [0, 0.1) is 0 Å². The maximum Gasteiger partial charge on any atom is 0.162 e. The van der Waals surface area contributed by atoms with Gasteiger partial charge in [-0.25, -0.2) is 0 Å². The van der Waals surface area contributed by atoms with E-state index in [-0.39, 0.29) is 0 Å². The maximum absolute atomic E-state index is 5.74. The highest BCUT2D eigenvalue weighted by molar-refractivity contribution is 5.51. The minimum atomic E-state index is 0.518. The molecular weight excluding hydrogens is 214 g/mol. The molecule has 5 heteroatoms. The van der Waals surface area contributed by atoms with Crippen molar-refractivity contribution in [3.05, 3.63) is 24.2 Å². The van der Waals surface area contributed by atoms with Gasteiger partial charge in [0.25, 0.3) is 0 Å². The molecule has 1 aliphatic heterocycles. The average Bonchev–Trinajstić information content (AvgIpc) is 2.73. The molecule has 2 aromatic heterocycles. The Morgan fingerprint density at radius 1 is 1.29 bits per heavy atom. The van der Waals surface area contributed by atoms with Crippen molar-refractivity contribution in [3.63, 3.8) is 0 Å². The molecule has 0 radical (unpaired) electrons. The molecule has 2 N–H and O–H groups in total. The van der Waals surface area contributed by atoms with Crippen LogP contribution in [0.2, 0.25) is 0 Å². The summed E-state index contributed by atoms with van der Waals surface area (Å²) < 4.78 is 2.06. The topological polar surface area (TPSA) is 59.5 Å². The van der Waals surface area contributed by atoms with Crippen LogP contribution in [0.5, 0.6) is 0 Å². The fourth-order valence-corrected chi connectivity index (χ4v) is 2.47. The Morgan fingerprint density at radius 3 is 2.82 bits per heavy atom. The van der Waals surface area contributed by atoms with Gasteiger partial charge in [0, 0.05) is 23.9 Å². The Bertz CT molecular complexity index is 525. The second kappa shape index (κ2) is 4.00. The molecule has 17 heavy (non-hydrogen) atoms. The van der Waals surface area contributed by atoms with Gasteiger partial charge in [0.1, 0.15) is 5.82 Å². The minimum Gasteiger partial charge on any atom is -0.399 e. The quantitative estimate of drug-likeness (QED) is 0.799. The zero-order chi connectivity index (χ0) is 11.8. The van der Waals surface area contributed by atoms with E-state index < -0.39 is 0 Å². The zero-order valence-corrected chi connectivity index (χ0v) is 10.0. The fraction of sp³-hybridized carbons (Fsp3) is 0.500. The van der Waals surface area contributed by atoms with E-state index in [9.17, 15) is 0 Å². The SMILES string of the molecule is CN1CCC(c2nnc3cc(N)ccn23)CC1. The van der Waals surface area contributed by atoms with Crippen LogP contribution < -0.4 is 5.73 Å². The second-order valence-electron chi connectivity index (χ2n) is 4.82. The average molecular weight is 231 g/mol. The zero-order valence-electron chi connectivity index (χ0n) is 10.0. The van der Waals surface area contributed by atoms with E-state index in [4.69, 9.17) is 5.73 Å². The van der Waals surface area contributed by atoms with E-state index >= 15 is 0 Å². The number of nitrogen functional groups attached to an aromatic ring is 1. The van der Waals surface area contributed by atoms with Crippen molar-refractivity contribution in [2.24, 2.45) is 0 Å². The number of nitrogens with zero attached hydrogens (tertiary/aromatic N) is 4. The van der Waals surface area contributed by atoms with E-state index in [1.807, 2.05) is 18.3 Å². The molecule has 5 nitrogen and oxygen atoms in total. The molecule has 0 unspecified atom stereocenters. The van der Waals surface area contributed by atoms with Crippen molar-refractivity contribution in [2.45, 2.75) is 18.8 Å². The highest BCUT2D eigenvalue weighted by Gasteiger charge is 2.22. The Morgan fingerprint density at radius 2 is 2.06 bits per heavy atom. The summed E-state index contributed by atoms with van der Waals surface area (Å²) in [6.07, 6.45) is 4.28. The number of hydrogen-bond donors (Lipinski definition) is 1. The minimum absolute atomic E-state index is 0.518. The molecule has 1 fully saturated rings. The first-order valence-corrected chi connectivity index (χ1v) is 6.03. The predicted octanol–water partition coefficient (Wildman–Crippen LogP) is 1.12. The molecule has 1 saturated heterocycles. The number of hydrogen-bond acceptors (Lipinski definition) is 4. The van der Waals surface area contributed by atoms with Gasteiger partial charge in [0.15, 0.2) is 5.65 Å². The standard InChI is InChI=1S/C12H17N5/c1-16-5-2-9(3-6-16)12-15-14-11-8-10(13)4-7-17(11)12/h4,7-9H,2-3,5-6,13H2,1H3. The summed E-state index contributed by atoms with van der Waals surface area (Å²) in [6, 6.07) is 3.76. The number of fused-ring (bicyclic) bond motifs is 1. The summed E-state index contributed by atoms with van der Waals surface area (Å²) in [4.78, 5) is 2.36. The lowest BCUT2D eigenvalue weighted by Gasteiger charge is -2.27. The van der Waals surface area contributed by atoms with Gasteiger partial charge >= 0.3 is 0 Å². The van der Waals surface area contributed by atoms with Crippen LogP contribution in [0.15, 0.2) is 18.3 Å². The first-order valence-electron chi connectivity index (χ1n) is 6.03. The molecule has 0 aliphatic carbocycles. The summed E-state index contributed by atoms with van der Waals surface area (Å²) in [5.41, 5.74) is 7.32. The second-order valence-corrected chi connectivity index (χ2v) is 4.82. The van der Waals surface area contributed by atoms with E-state index in [2.05, 4.69) is 26.5 Å². The van der Waals surface area contributed by atoms with Crippen molar-refractivity contribution in [1.29, 1.82) is 0 Å². The number of pyridine rings is 1. The van der Waals surface area contributed by atoms with Crippen LogP contribution >= 0.6 is 0 Å². The lowest BCUT2D eigenvalue weighted by Crippen LogP contribution is -2.29. The molecular formula is C12H17N5. The van der Waals surface area contributed by atoms with E-state index in [1.54, 1.807) is 0 Å². The Kier molecular flexibility index (Phi) is 2.48. The molecule has 1 aliphatic rings. The van der Waals surface area contributed by atoms with Crippen LogP contribution in [-0.2, 0) is 0 Å². The normalized spacial score (nSPS) is 18.9. The largest absolute Gasteiger partial charge is 0.399 e. The molecule has 0 aromatic carbocycles. The summed E-state index contributed by atoms with van der Waals surface area (Å²) >= 11 is 0. The molecule has 3 heterocycles. The third kappa shape index (κ3) is 1.86. The monoisotopic (exact) mass is 231 g/mol. The van der Waals surface area contributed by atoms with Gasteiger partial charge in [-0.05, 0) is 39.0 Å². The number of piperidine rings is 1. The predicted molar refractivity (Wildman–Crippen MR) is 66.9 cm³/mol. The lowest BCUT2D eigenvalue weighted by molar-refractivity contribution is 0.250. The van der Waals surface area contributed by atoms with Crippen molar-refractivity contribution >= 4 is 11.3 Å². The van der Waals surface area contributed by atoms with Crippen molar-refractivity contribution in [3.8, 4) is 0 Å². The van der Waals surface area contributed by atoms with Crippen LogP contribution in [0.3, 0.4) is 0 Å². The highest BCUT2D eigenvalue weighted by atomic mass is 15.2. The van der Waals surface area contributed by atoms with Crippen molar-refractivity contribution in [1.82, 2.24) is 19.5 Å². The molecule has 0 spiro atoms. The van der Waals surface area contributed by atoms with E-state index in [1.165, 1.54) is 0 Å². The van der Waals surface area contributed by atoms with Crippen LogP contribution in [0.1, 0.15) is 24.6 Å². The van der Waals surface area contributed by atoms with Crippen molar-refractivity contribution in [2.75, 3.05) is 25.9 Å². The van der Waals surface area contributed by atoms with Gasteiger partial charge in [0.2, 0.25) is 0 Å². The van der Waals surface area contributed by atoms with Gasteiger partial charge in [-0.2, -0.15) is 0 Å². The van der Waals surface area contributed by atoms with E-state index in [0.717, 1.165) is 43.1 Å². The number of anilines is 1. The molecule has 0 saturated carbocycles. The summed E-state index contributed by atoms with van der Waals surface area (Å²) in [5, 5.41) is 8.52. The molecule has 0 amide bonds. The van der Waals surface area contributed by atoms with Gasteiger partial charge < -0.3 is 10.6 Å². The number of rotatable bonds is 1. The molecule has 2 aromatic rings. The van der Waals surface area contributed by atoms with Crippen LogP contribution in [0.4, 0.5) is 5.69 Å². The Balaban J connectivity index is 1.95. The van der Waals surface area contributed by atoms with Crippen LogP contribution in [-0.4, -0.2) is 39.6 Å². The first kappa shape index (κ1) is 10.5. The van der Waals surface area contributed by atoms with Crippen molar-refractivity contribution < 1.29 is 0 Å². The van der Waals surface area contributed by atoms with Gasteiger partial charge in [-0.15, -0.1) is 10.2 Å². The summed E-state index contributed by atoms with van der Waals surface area (Å²) in [6.45, 7) is 2.27. The number of nitrogens with two attached hydrogens (primary N) is 1. The molecule has 90 valence electrons. The Labute approximate surface area is 100 Å². The first-order chi connectivity index (χ1) is 8.24. The molecule has 3 rings (SSSR count). The number of likely N-dealkylation sites (tertiary alicyclic amines) is 1. The third-order valence-electron chi connectivity index (χ3n) is 3.54. The smallest absolute Gasteiger partial charge is 0.162 e. The summed E-state index contributed by atoms with van der Waals surface area (Å²) in [7, 11) is 2.17. The molecule has 0 atom stereocenters. The third-order valence-corrected chi connectivity index (χ3v) is 3.54. The fourth-order valence-electron chi connectivity index (χ4n) is 2.47. The summed E-state index contributed by atoms with van der Waals surface area (Å²) in [5.74, 6) is 1.60. The van der Waals surface area contributed by atoms with Gasteiger partial charge in [0.05, 0.1) is 0 Å². The highest BCUT2D eigenvalue weighted by Crippen LogP contribution is 2.26. The molecule has 0 bridgehead atoms. The Hall–Kier alpha value is -1.62. The maximum atomic E-state index is 5.74. The number of aromatic nitrogens is 3. The lowest BCUT2D eigenvalue weighted by atomic mass is 9.96. The van der Waals surface area contributed by atoms with E-state index in [0.29, 0.717) is 5.92 Å².